The highest BCUT2D eigenvalue weighted by molar-refractivity contribution is 7.18. The SMILES string of the molecule is CCOc1ccc2nc(Cc3ccccc3N)sc2c1. The van der Waals surface area contributed by atoms with Gasteiger partial charge in [-0.25, -0.2) is 4.98 Å². The van der Waals surface area contributed by atoms with Gasteiger partial charge in [-0.15, -0.1) is 11.3 Å². The molecular formula is C16H16N2OS. The molecular weight excluding hydrogens is 268 g/mol. The summed E-state index contributed by atoms with van der Waals surface area (Å²) >= 11 is 1.69. The molecule has 2 N–H and O–H groups in total. The van der Waals surface area contributed by atoms with E-state index in [4.69, 9.17) is 10.5 Å². The first kappa shape index (κ1) is 12.9. The van der Waals surface area contributed by atoms with Crippen LogP contribution in [-0.2, 0) is 6.42 Å². The van der Waals surface area contributed by atoms with Crippen LogP contribution in [-0.4, -0.2) is 11.6 Å². The Kier molecular flexibility index (Phi) is 3.56. The summed E-state index contributed by atoms with van der Waals surface area (Å²) in [6, 6.07) is 14.0. The van der Waals surface area contributed by atoms with Crippen LogP contribution >= 0.6 is 11.3 Å². The number of anilines is 1. The van der Waals surface area contributed by atoms with E-state index in [-0.39, 0.29) is 0 Å². The first-order valence-corrected chi connectivity index (χ1v) is 7.43. The van der Waals surface area contributed by atoms with Gasteiger partial charge in [0.25, 0.3) is 0 Å². The van der Waals surface area contributed by atoms with E-state index in [1.807, 2.05) is 49.4 Å². The Morgan fingerprint density at radius 3 is 2.85 bits per heavy atom. The van der Waals surface area contributed by atoms with E-state index < -0.39 is 0 Å². The second-order valence-electron chi connectivity index (χ2n) is 4.55. The molecule has 0 saturated carbocycles. The second-order valence-corrected chi connectivity index (χ2v) is 5.66. The minimum Gasteiger partial charge on any atom is -0.494 e. The minimum atomic E-state index is 0.678. The van der Waals surface area contributed by atoms with Crippen molar-refractivity contribution in [2.45, 2.75) is 13.3 Å². The quantitative estimate of drug-likeness (QED) is 0.740. The fourth-order valence-electron chi connectivity index (χ4n) is 2.14. The number of rotatable bonds is 4. The van der Waals surface area contributed by atoms with Crippen LogP contribution in [0.5, 0.6) is 5.75 Å². The molecule has 0 unspecified atom stereocenters. The second kappa shape index (κ2) is 5.51. The lowest BCUT2D eigenvalue weighted by atomic mass is 10.1. The molecule has 0 aliphatic carbocycles. The fraction of sp³-hybridized carbons (Fsp3) is 0.188. The van der Waals surface area contributed by atoms with Gasteiger partial charge in [0.15, 0.2) is 0 Å². The van der Waals surface area contributed by atoms with Crippen LogP contribution in [0.4, 0.5) is 5.69 Å². The van der Waals surface area contributed by atoms with Crippen molar-refractivity contribution < 1.29 is 4.74 Å². The van der Waals surface area contributed by atoms with Gasteiger partial charge in [0.05, 0.1) is 21.8 Å². The van der Waals surface area contributed by atoms with E-state index >= 15 is 0 Å². The predicted molar refractivity (Wildman–Crippen MR) is 84.4 cm³/mol. The van der Waals surface area contributed by atoms with Crippen molar-refractivity contribution in [3.63, 3.8) is 0 Å². The molecule has 0 aliphatic heterocycles. The van der Waals surface area contributed by atoms with Crippen molar-refractivity contribution >= 4 is 27.2 Å². The first-order chi connectivity index (χ1) is 9.76. The number of nitrogens with two attached hydrogens (primary N) is 1. The number of benzene rings is 2. The molecule has 20 heavy (non-hydrogen) atoms. The molecule has 0 atom stereocenters. The average molecular weight is 284 g/mol. The summed E-state index contributed by atoms with van der Waals surface area (Å²) in [6.07, 6.45) is 0.774. The van der Waals surface area contributed by atoms with Crippen molar-refractivity contribution in [3.8, 4) is 5.75 Å². The van der Waals surface area contributed by atoms with Crippen LogP contribution in [0, 0.1) is 0 Å². The Bertz CT molecular complexity index is 736. The molecule has 0 aliphatic rings. The van der Waals surface area contributed by atoms with Crippen molar-refractivity contribution in [2.75, 3.05) is 12.3 Å². The molecule has 1 heterocycles. The number of para-hydroxylation sites is 1. The van der Waals surface area contributed by atoms with Crippen LogP contribution < -0.4 is 10.5 Å². The standard InChI is InChI=1S/C16H16N2OS/c1-2-19-12-7-8-14-15(10-12)20-16(18-14)9-11-5-3-4-6-13(11)17/h3-8,10H,2,9,17H2,1H3. The van der Waals surface area contributed by atoms with E-state index in [2.05, 4.69) is 4.98 Å². The largest absolute Gasteiger partial charge is 0.494 e. The molecule has 0 amide bonds. The molecule has 0 radical (unpaired) electrons. The number of hydrogen-bond donors (Lipinski definition) is 1. The number of fused-ring (bicyclic) bond motifs is 1. The summed E-state index contributed by atoms with van der Waals surface area (Å²) in [6.45, 7) is 2.66. The molecule has 2 aromatic carbocycles. The third-order valence-electron chi connectivity index (χ3n) is 3.11. The smallest absolute Gasteiger partial charge is 0.120 e. The normalized spacial score (nSPS) is 10.8. The van der Waals surface area contributed by atoms with E-state index in [0.717, 1.165) is 38.6 Å². The van der Waals surface area contributed by atoms with Gasteiger partial charge < -0.3 is 10.5 Å². The van der Waals surface area contributed by atoms with Gasteiger partial charge in [-0.2, -0.15) is 0 Å². The third kappa shape index (κ3) is 2.60. The number of aromatic nitrogens is 1. The molecule has 0 spiro atoms. The van der Waals surface area contributed by atoms with Gasteiger partial charge in [0.1, 0.15) is 5.75 Å². The van der Waals surface area contributed by atoms with Crippen LogP contribution in [0.2, 0.25) is 0 Å². The molecule has 102 valence electrons. The van der Waals surface area contributed by atoms with Gasteiger partial charge in [-0.1, -0.05) is 18.2 Å². The minimum absolute atomic E-state index is 0.678. The summed E-state index contributed by atoms with van der Waals surface area (Å²) in [7, 11) is 0. The van der Waals surface area contributed by atoms with Crippen LogP contribution in [0.25, 0.3) is 10.2 Å². The monoisotopic (exact) mass is 284 g/mol. The number of nitrogens with zero attached hydrogens (tertiary/aromatic N) is 1. The Morgan fingerprint density at radius 2 is 2.05 bits per heavy atom. The van der Waals surface area contributed by atoms with Gasteiger partial charge in [0, 0.05) is 12.1 Å². The number of ether oxygens (including phenoxy) is 1. The lowest BCUT2D eigenvalue weighted by Gasteiger charge is -2.01. The van der Waals surface area contributed by atoms with Crippen molar-refractivity contribution in [3.05, 3.63) is 53.0 Å². The molecule has 3 aromatic rings. The van der Waals surface area contributed by atoms with Gasteiger partial charge in [-0.05, 0) is 36.8 Å². The van der Waals surface area contributed by atoms with Crippen molar-refractivity contribution in [1.29, 1.82) is 0 Å². The Labute approximate surface area is 122 Å². The third-order valence-corrected chi connectivity index (χ3v) is 4.13. The Hall–Kier alpha value is -2.07. The zero-order chi connectivity index (χ0) is 13.9. The van der Waals surface area contributed by atoms with E-state index in [1.54, 1.807) is 11.3 Å². The molecule has 1 aromatic heterocycles. The molecule has 0 fully saturated rings. The molecule has 4 heteroatoms. The summed E-state index contributed by atoms with van der Waals surface area (Å²) < 4.78 is 6.67. The Balaban J connectivity index is 1.91. The van der Waals surface area contributed by atoms with Crippen molar-refractivity contribution in [2.24, 2.45) is 0 Å². The average Bonchev–Trinajstić information content (AvgIpc) is 2.83. The zero-order valence-corrected chi connectivity index (χ0v) is 12.1. The van der Waals surface area contributed by atoms with E-state index in [1.165, 1.54) is 0 Å². The maximum atomic E-state index is 5.98. The Morgan fingerprint density at radius 1 is 1.20 bits per heavy atom. The van der Waals surface area contributed by atoms with Gasteiger partial charge in [-0.3, -0.25) is 0 Å². The summed E-state index contributed by atoms with van der Waals surface area (Å²) in [5.74, 6) is 0.898. The maximum Gasteiger partial charge on any atom is 0.120 e. The number of nitrogen functional groups attached to an aromatic ring is 1. The molecule has 3 rings (SSSR count). The fourth-order valence-corrected chi connectivity index (χ4v) is 3.16. The maximum absolute atomic E-state index is 5.98. The topological polar surface area (TPSA) is 48.1 Å². The van der Waals surface area contributed by atoms with Crippen LogP contribution in [0.15, 0.2) is 42.5 Å². The summed E-state index contributed by atoms with van der Waals surface area (Å²) in [5.41, 5.74) is 8.94. The molecule has 3 nitrogen and oxygen atoms in total. The lowest BCUT2D eigenvalue weighted by molar-refractivity contribution is 0.341. The number of hydrogen-bond acceptors (Lipinski definition) is 4. The van der Waals surface area contributed by atoms with E-state index in [0.29, 0.717) is 6.61 Å². The van der Waals surface area contributed by atoms with E-state index in [9.17, 15) is 0 Å². The lowest BCUT2D eigenvalue weighted by Crippen LogP contribution is -1.94. The van der Waals surface area contributed by atoms with Crippen LogP contribution in [0.1, 0.15) is 17.5 Å². The van der Waals surface area contributed by atoms with Crippen LogP contribution in [0.3, 0.4) is 0 Å². The zero-order valence-electron chi connectivity index (χ0n) is 11.3. The molecule has 0 bridgehead atoms. The number of thiazole rings is 1. The highest BCUT2D eigenvalue weighted by Gasteiger charge is 2.07. The first-order valence-electron chi connectivity index (χ1n) is 6.62. The summed E-state index contributed by atoms with van der Waals surface area (Å²) in [5, 5.41) is 1.08. The van der Waals surface area contributed by atoms with Gasteiger partial charge >= 0.3 is 0 Å². The predicted octanol–water partition coefficient (Wildman–Crippen LogP) is 3.87. The highest BCUT2D eigenvalue weighted by atomic mass is 32.1. The summed E-state index contributed by atoms with van der Waals surface area (Å²) in [4.78, 5) is 4.66. The highest BCUT2D eigenvalue weighted by Crippen LogP contribution is 2.28. The van der Waals surface area contributed by atoms with Gasteiger partial charge in [0.2, 0.25) is 0 Å². The van der Waals surface area contributed by atoms with Crippen molar-refractivity contribution in [1.82, 2.24) is 4.98 Å². The molecule has 0 saturated heterocycles.